The summed E-state index contributed by atoms with van der Waals surface area (Å²) in [4.78, 5) is 28.8. The molecule has 0 radical (unpaired) electrons. The van der Waals surface area contributed by atoms with E-state index >= 15 is 0 Å². The number of aliphatic hydroxyl groups excluding tert-OH is 1. The first kappa shape index (κ1) is 15.8. The van der Waals surface area contributed by atoms with Gasteiger partial charge in [-0.2, -0.15) is 5.10 Å². The van der Waals surface area contributed by atoms with E-state index in [1.54, 1.807) is 27.7 Å². The van der Waals surface area contributed by atoms with E-state index in [4.69, 9.17) is 5.11 Å². The average Bonchev–Trinajstić information content (AvgIpc) is 3.20. The Hall–Kier alpha value is -2.67. The lowest BCUT2D eigenvalue weighted by molar-refractivity contribution is -0.135. The van der Waals surface area contributed by atoms with E-state index in [-0.39, 0.29) is 24.8 Å². The van der Waals surface area contributed by atoms with E-state index in [2.05, 4.69) is 5.10 Å². The molecule has 7 nitrogen and oxygen atoms in total. The van der Waals surface area contributed by atoms with Crippen molar-refractivity contribution < 1.29 is 14.7 Å². The number of nitrogens with zero attached hydrogens (tertiary/aromatic N) is 4. The molecule has 0 saturated carbocycles. The SMILES string of the molecule is CN1C(=O)C[C@@H](C(=O)N2Cc3cnn(CCO)c3C2)c2ccccc21. The molecular weight excluding hydrogens is 320 g/mol. The fraction of sp³-hybridized carbons (Fsp3) is 0.389. The fourth-order valence-electron chi connectivity index (χ4n) is 3.73. The molecule has 2 aromatic rings. The number of carbonyl (C=O) groups excluding carboxylic acids is 2. The highest BCUT2D eigenvalue weighted by atomic mass is 16.3. The van der Waals surface area contributed by atoms with E-state index in [0.29, 0.717) is 19.6 Å². The Morgan fingerprint density at radius 2 is 2.12 bits per heavy atom. The fourth-order valence-corrected chi connectivity index (χ4v) is 3.73. The van der Waals surface area contributed by atoms with E-state index < -0.39 is 5.92 Å². The first-order valence-corrected chi connectivity index (χ1v) is 8.39. The molecular formula is C18H20N4O3. The zero-order valence-corrected chi connectivity index (χ0v) is 14.1. The first-order chi connectivity index (χ1) is 12.1. The number of hydrogen-bond donors (Lipinski definition) is 1. The second kappa shape index (κ2) is 6.00. The number of anilines is 1. The third-order valence-corrected chi connectivity index (χ3v) is 5.08. The number of fused-ring (bicyclic) bond motifs is 2. The molecule has 0 saturated heterocycles. The van der Waals surface area contributed by atoms with Crippen molar-refractivity contribution >= 4 is 17.5 Å². The zero-order valence-electron chi connectivity index (χ0n) is 14.1. The van der Waals surface area contributed by atoms with Crippen molar-refractivity contribution in [3.8, 4) is 0 Å². The third-order valence-electron chi connectivity index (χ3n) is 5.08. The van der Waals surface area contributed by atoms with Crippen molar-refractivity contribution in [2.75, 3.05) is 18.6 Å². The first-order valence-electron chi connectivity index (χ1n) is 8.39. The lowest BCUT2D eigenvalue weighted by Gasteiger charge is -2.32. The lowest BCUT2D eigenvalue weighted by atomic mass is 9.88. The molecule has 0 spiro atoms. The monoisotopic (exact) mass is 340 g/mol. The maximum absolute atomic E-state index is 13.1. The molecule has 0 aliphatic carbocycles. The van der Waals surface area contributed by atoms with Crippen LogP contribution in [-0.2, 0) is 29.2 Å². The van der Waals surface area contributed by atoms with Crippen molar-refractivity contribution in [1.82, 2.24) is 14.7 Å². The Morgan fingerprint density at radius 3 is 2.92 bits per heavy atom. The molecule has 3 heterocycles. The normalized spacial score (nSPS) is 19.1. The van der Waals surface area contributed by atoms with E-state index in [1.165, 1.54) is 0 Å². The minimum Gasteiger partial charge on any atom is -0.394 e. The van der Waals surface area contributed by atoms with Gasteiger partial charge in [-0.1, -0.05) is 18.2 Å². The molecule has 2 aliphatic heterocycles. The summed E-state index contributed by atoms with van der Waals surface area (Å²) in [5.41, 5.74) is 3.69. The predicted octanol–water partition coefficient (Wildman–Crippen LogP) is 0.868. The van der Waals surface area contributed by atoms with Gasteiger partial charge in [0, 0.05) is 31.3 Å². The van der Waals surface area contributed by atoms with Crippen LogP contribution in [0.5, 0.6) is 0 Å². The molecule has 130 valence electrons. The number of carbonyl (C=O) groups is 2. The van der Waals surface area contributed by atoms with Crippen molar-refractivity contribution in [2.24, 2.45) is 0 Å². The minimum absolute atomic E-state index is 0.0128. The van der Waals surface area contributed by atoms with Gasteiger partial charge in [0.05, 0.1) is 37.5 Å². The van der Waals surface area contributed by atoms with E-state index in [9.17, 15) is 9.59 Å². The average molecular weight is 340 g/mol. The topological polar surface area (TPSA) is 78.7 Å². The lowest BCUT2D eigenvalue weighted by Crippen LogP contribution is -2.40. The number of benzene rings is 1. The van der Waals surface area contributed by atoms with Crippen molar-refractivity contribution in [2.45, 2.75) is 32.0 Å². The number of para-hydroxylation sites is 1. The van der Waals surface area contributed by atoms with Gasteiger partial charge in [-0.3, -0.25) is 14.3 Å². The summed E-state index contributed by atoms with van der Waals surface area (Å²) in [6, 6.07) is 7.59. The van der Waals surface area contributed by atoms with Crippen LogP contribution in [-0.4, -0.2) is 45.3 Å². The standard InChI is InChI=1S/C18H20N4O3/c1-20-15-5-3-2-4-13(15)14(8-17(20)24)18(25)21-10-12-9-19-22(6-7-23)16(12)11-21/h2-5,9,14,23H,6-8,10-11H2,1H3/t14-/m1/s1. The van der Waals surface area contributed by atoms with Crippen LogP contribution in [0.3, 0.4) is 0 Å². The summed E-state index contributed by atoms with van der Waals surface area (Å²) in [7, 11) is 1.75. The van der Waals surface area contributed by atoms with Gasteiger partial charge in [0.25, 0.3) is 0 Å². The molecule has 0 unspecified atom stereocenters. The molecule has 1 aromatic heterocycles. The van der Waals surface area contributed by atoms with Gasteiger partial charge < -0.3 is 14.9 Å². The molecule has 0 fully saturated rings. The molecule has 2 amide bonds. The van der Waals surface area contributed by atoms with Crippen molar-refractivity contribution in [1.29, 1.82) is 0 Å². The molecule has 0 bridgehead atoms. The predicted molar refractivity (Wildman–Crippen MR) is 90.8 cm³/mol. The molecule has 2 aliphatic rings. The van der Waals surface area contributed by atoms with Gasteiger partial charge >= 0.3 is 0 Å². The van der Waals surface area contributed by atoms with Gasteiger partial charge in [-0.25, -0.2) is 0 Å². The van der Waals surface area contributed by atoms with Crippen LogP contribution in [0.15, 0.2) is 30.5 Å². The van der Waals surface area contributed by atoms with Crippen LogP contribution in [0.2, 0.25) is 0 Å². The van der Waals surface area contributed by atoms with Crippen LogP contribution >= 0.6 is 0 Å². The highest BCUT2D eigenvalue weighted by Gasteiger charge is 2.38. The van der Waals surface area contributed by atoms with E-state index in [1.807, 2.05) is 24.3 Å². The maximum atomic E-state index is 13.1. The Labute approximate surface area is 145 Å². The van der Waals surface area contributed by atoms with Crippen LogP contribution in [0.4, 0.5) is 5.69 Å². The molecule has 1 N–H and O–H groups in total. The number of aliphatic hydroxyl groups is 1. The van der Waals surface area contributed by atoms with Crippen LogP contribution in [0.25, 0.3) is 0 Å². The molecule has 1 atom stereocenters. The Balaban J connectivity index is 1.60. The van der Waals surface area contributed by atoms with Crippen LogP contribution < -0.4 is 4.90 Å². The smallest absolute Gasteiger partial charge is 0.231 e. The van der Waals surface area contributed by atoms with Gasteiger partial charge in [0.2, 0.25) is 11.8 Å². The molecule has 7 heteroatoms. The Kier molecular flexibility index (Phi) is 3.80. The molecule has 1 aromatic carbocycles. The number of rotatable bonds is 3. The van der Waals surface area contributed by atoms with Gasteiger partial charge in [0.1, 0.15) is 0 Å². The maximum Gasteiger partial charge on any atom is 0.231 e. The summed E-state index contributed by atoms with van der Waals surface area (Å²) in [5.74, 6) is -0.510. The van der Waals surface area contributed by atoms with Gasteiger partial charge in [0.15, 0.2) is 0 Å². The van der Waals surface area contributed by atoms with Gasteiger partial charge in [-0.05, 0) is 11.6 Å². The summed E-state index contributed by atoms with van der Waals surface area (Å²) in [6.07, 6.45) is 1.95. The van der Waals surface area contributed by atoms with Crippen LogP contribution in [0, 0.1) is 0 Å². The van der Waals surface area contributed by atoms with Crippen molar-refractivity contribution in [3.63, 3.8) is 0 Å². The number of amides is 2. The second-order valence-electron chi connectivity index (χ2n) is 6.53. The number of aromatic nitrogens is 2. The van der Waals surface area contributed by atoms with E-state index in [0.717, 1.165) is 22.5 Å². The highest BCUT2D eigenvalue weighted by Crippen LogP contribution is 2.37. The number of hydrogen-bond acceptors (Lipinski definition) is 4. The van der Waals surface area contributed by atoms with Gasteiger partial charge in [-0.15, -0.1) is 0 Å². The zero-order chi connectivity index (χ0) is 17.6. The second-order valence-corrected chi connectivity index (χ2v) is 6.53. The largest absolute Gasteiger partial charge is 0.394 e. The Morgan fingerprint density at radius 1 is 1.32 bits per heavy atom. The molecule has 25 heavy (non-hydrogen) atoms. The molecule has 4 rings (SSSR count). The summed E-state index contributed by atoms with van der Waals surface area (Å²) in [5, 5.41) is 13.4. The Bertz CT molecular complexity index is 845. The summed E-state index contributed by atoms with van der Waals surface area (Å²) in [6.45, 7) is 1.41. The van der Waals surface area contributed by atoms with Crippen molar-refractivity contribution in [3.05, 3.63) is 47.3 Å². The summed E-state index contributed by atoms with van der Waals surface area (Å²) >= 11 is 0. The summed E-state index contributed by atoms with van der Waals surface area (Å²) < 4.78 is 1.75. The third kappa shape index (κ3) is 2.51. The van der Waals surface area contributed by atoms with Crippen LogP contribution in [0.1, 0.15) is 29.2 Å². The quantitative estimate of drug-likeness (QED) is 0.899. The highest BCUT2D eigenvalue weighted by molar-refractivity contribution is 6.02. The minimum atomic E-state index is -0.442.